The van der Waals surface area contributed by atoms with Crippen LogP contribution in [0.25, 0.3) is 0 Å². The van der Waals surface area contributed by atoms with Crippen LogP contribution in [-0.2, 0) is 23.2 Å². The molecular formula is C14H19N3O3S. The molecule has 21 heavy (non-hydrogen) atoms. The van der Waals surface area contributed by atoms with Crippen LogP contribution in [0, 0.1) is 6.92 Å². The Morgan fingerprint density at radius 3 is 2.52 bits per heavy atom. The van der Waals surface area contributed by atoms with E-state index in [0.717, 1.165) is 18.5 Å². The SMILES string of the molecule is CCCn1cc(S(=O)(=O)Nc2ccc(CO)cc2)nc1C. The van der Waals surface area contributed by atoms with Gasteiger partial charge in [-0.2, -0.15) is 8.42 Å². The summed E-state index contributed by atoms with van der Waals surface area (Å²) in [6, 6.07) is 6.55. The number of aliphatic hydroxyl groups excluding tert-OH is 1. The summed E-state index contributed by atoms with van der Waals surface area (Å²) in [6.07, 6.45) is 2.45. The number of anilines is 1. The van der Waals surface area contributed by atoms with Crippen LogP contribution in [0.2, 0.25) is 0 Å². The lowest BCUT2D eigenvalue weighted by atomic mass is 10.2. The van der Waals surface area contributed by atoms with Gasteiger partial charge in [0.05, 0.1) is 6.61 Å². The first-order valence-electron chi connectivity index (χ1n) is 6.72. The van der Waals surface area contributed by atoms with Gasteiger partial charge in [0.1, 0.15) is 5.82 Å². The molecule has 0 saturated carbocycles. The molecule has 0 spiro atoms. The van der Waals surface area contributed by atoms with Crippen molar-refractivity contribution in [2.24, 2.45) is 0 Å². The first-order valence-corrected chi connectivity index (χ1v) is 8.21. The molecule has 1 aromatic heterocycles. The van der Waals surface area contributed by atoms with Gasteiger partial charge in [-0.25, -0.2) is 4.98 Å². The number of aromatic nitrogens is 2. The van der Waals surface area contributed by atoms with E-state index < -0.39 is 10.0 Å². The van der Waals surface area contributed by atoms with Gasteiger partial charge < -0.3 is 9.67 Å². The number of imidazole rings is 1. The number of nitrogens with zero attached hydrogens (tertiary/aromatic N) is 2. The maximum atomic E-state index is 12.3. The zero-order valence-corrected chi connectivity index (χ0v) is 12.9. The maximum absolute atomic E-state index is 12.3. The summed E-state index contributed by atoms with van der Waals surface area (Å²) in [5.41, 5.74) is 1.16. The molecule has 0 aliphatic heterocycles. The second kappa shape index (κ2) is 6.28. The quantitative estimate of drug-likeness (QED) is 0.853. The van der Waals surface area contributed by atoms with E-state index >= 15 is 0 Å². The number of rotatable bonds is 6. The van der Waals surface area contributed by atoms with Gasteiger partial charge in [-0.1, -0.05) is 19.1 Å². The Bertz CT molecular complexity index is 706. The van der Waals surface area contributed by atoms with Crippen molar-refractivity contribution in [3.05, 3.63) is 41.9 Å². The van der Waals surface area contributed by atoms with Gasteiger partial charge >= 0.3 is 0 Å². The van der Waals surface area contributed by atoms with Crippen LogP contribution in [0.1, 0.15) is 24.7 Å². The Morgan fingerprint density at radius 1 is 1.29 bits per heavy atom. The fourth-order valence-electron chi connectivity index (χ4n) is 1.96. The van der Waals surface area contributed by atoms with E-state index in [1.807, 2.05) is 11.5 Å². The summed E-state index contributed by atoms with van der Waals surface area (Å²) < 4.78 is 28.9. The van der Waals surface area contributed by atoms with Crippen LogP contribution in [0.5, 0.6) is 0 Å². The summed E-state index contributed by atoms with van der Waals surface area (Å²) >= 11 is 0. The fourth-order valence-corrected chi connectivity index (χ4v) is 3.03. The summed E-state index contributed by atoms with van der Waals surface area (Å²) in [5, 5.41) is 8.99. The molecule has 2 aromatic rings. The average Bonchev–Trinajstić information content (AvgIpc) is 2.82. The normalized spacial score (nSPS) is 11.6. The van der Waals surface area contributed by atoms with E-state index in [4.69, 9.17) is 5.11 Å². The molecule has 7 heteroatoms. The van der Waals surface area contributed by atoms with Crippen LogP contribution in [0.4, 0.5) is 5.69 Å². The Balaban J connectivity index is 2.22. The maximum Gasteiger partial charge on any atom is 0.280 e. The number of benzene rings is 1. The second-order valence-electron chi connectivity index (χ2n) is 4.78. The molecule has 1 heterocycles. The Morgan fingerprint density at radius 2 is 1.95 bits per heavy atom. The highest BCUT2D eigenvalue weighted by molar-refractivity contribution is 7.92. The van der Waals surface area contributed by atoms with Crippen LogP contribution in [0.3, 0.4) is 0 Å². The second-order valence-corrected chi connectivity index (χ2v) is 6.41. The highest BCUT2D eigenvalue weighted by Crippen LogP contribution is 2.16. The molecule has 0 aliphatic rings. The Hall–Kier alpha value is -1.86. The zero-order chi connectivity index (χ0) is 15.5. The first kappa shape index (κ1) is 15.5. The Labute approximate surface area is 124 Å². The van der Waals surface area contributed by atoms with E-state index in [2.05, 4.69) is 9.71 Å². The average molecular weight is 309 g/mol. The lowest BCUT2D eigenvalue weighted by Gasteiger charge is -2.06. The van der Waals surface area contributed by atoms with Crippen LogP contribution in [-0.4, -0.2) is 23.1 Å². The summed E-state index contributed by atoms with van der Waals surface area (Å²) in [6.45, 7) is 4.46. The fraction of sp³-hybridized carbons (Fsp3) is 0.357. The van der Waals surface area contributed by atoms with Gasteiger partial charge in [0.25, 0.3) is 10.0 Å². The highest BCUT2D eigenvalue weighted by Gasteiger charge is 2.19. The predicted octanol–water partition coefficient (Wildman–Crippen LogP) is 1.89. The molecule has 6 nitrogen and oxygen atoms in total. The van der Waals surface area contributed by atoms with Crippen molar-refractivity contribution in [2.45, 2.75) is 38.4 Å². The van der Waals surface area contributed by atoms with Crippen LogP contribution in [0.15, 0.2) is 35.5 Å². The van der Waals surface area contributed by atoms with Crippen molar-refractivity contribution in [1.29, 1.82) is 0 Å². The molecule has 0 saturated heterocycles. The molecular weight excluding hydrogens is 290 g/mol. The van der Waals surface area contributed by atoms with Gasteiger partial charge in [-0.3, -0.25) is 4.72 Å². The minimum Gasteiger partial charge on any atom is -0.392 e. The van der Waals surface area contributed by atoms with E-state index in [1.165, 1.54) is 0 Å². The van der Waals surface area contributed by atoms with Gasteiger partial charge in [-0.05, 0) is 31.0 Å². The van der Waals surface area contributed by atoms with Gasteiger partial charge in [0.15, 0.2) is 5.03 Å². The largest absolute Gasteiger partial charge is 0.392 e. The third kappa shape index (κ3) is 3.62. The lowest BCUT2D eigenvalue weighted by molar-refractivity contribution is 0.282. The minimum absolute atomic E-state index is 0.0136. The number of sulfonamides is 1. The molecule has 0 atom stereocenters. The summed E-state index contributed by atoms with van der Waals surface area (Å²) in [7, 11) is -3.70. The lowest BCUT2D eigenvalue weighted by Crippen LogP contribution is -2.13. The van der Waals surface area contributed by atoms with Gasteiger partial charge in [0, 0.05) is 18.4 Å². The summed E-state index contributed by atoms with van der Waals surface area (Å²) in [4.78, 5) is 4.10. The van der Waals surface area contributed by atoms with Crippen LogP contribution >= 0.6 is 0 Å². The van der Waals surface area contributed by atoms with Crippen molar-refractivity contribution in [3.63, 3.8) is 0 Å². The van der Waals surface area contributed by atoms with E-state index in [9.17, 15) is 8.42 Å². The molecule has 2 rings (SSSR count). The zero-order valence-electron chi connectivity index (χ0n) is 12.1. The number of aryl methyl sites for hydroxylation is 2. The molecule has 114 valence electrons. The number of hydrogen-bond donors (Lipinski definition) is 2. The standard InChI is InChI=1S/C14H19N3O3S/c1-3-8-17-9-14(15-11(17)2)21(19,20)16-13-6-4-12(10-18)5-7-13/h4-7,9,16,18H,3,8,10H2,1-2H3. The first-order chi connectivity index (χ1) is 9.96. The molecule has 0 unspecified atom stereocenters. The number of hydrogen-bond acceptors (Lipinski definition) is 4. The van der Waals surface area contributed by atoms with E-state index in [-0.39, 0.29) is 11.6 Å². The van der Waals surface area contributed by atoms with Crippen molar-refractivity contribution < 1.29 is 13.5 Å². The van der Waals surface area contributed by atoms with Gasteiger partial charge in [0.2, 0.25) is 0 Å². The molecule has 0 bridgehead atoms. The predicted molar refractivity (Wildman–Crippen MR) is 80.4 cm³/mol. The number of aliphatic hydroxyl groups is 1. The highest BCUT2D eigenvalue weighted by atomic mass is 32.2. The third-order valence-corrected chi connectivity index (χ3v) is 4.33. The summed E-state index contributed by atoms with van der Waals surface area (Å²) in [5.74, 6) is 0.674. The minimum atomic E-state index is -3.70. The third-order valence-electron chi connectivity index (χ3n) is 3.08. The molecule has 2 N–H and O–H groups in total. The van der Waals surface area contributed by atoms with Crippen molar-refractivity contribution in [3.8, 4) is 0 Å². The smallest absolute Gasteiger partial charge is 0.280 e. The monoisotopic (exact) mass is 309 g/mol. The number of nitrogens with one attached hydrogen (secondary N) is 1. The van der Waals surface area contributed by atoms with Crippen molar-refractivity contribution >= 4 is 15.7 Å². The molecule has 1 aromatic carbocycles. The van der Waals surface area contributed by atoms with Crippen molar-refractivity contribution in [2.75, 3.05) is 4.72 Å². The molecule has 0 fully saturated rings. The van der Waals surface area contributed by atoms with Crippen LogP contribution < -0.4 is 4.72 Å². The topological polar surface area (TPSA) is 84.2 Å². The van der Waals surface area contributed by atoms with E-state index in [0.29, 0.717) is 11.5 Å². The molecule has 0 amide bonds. The molecule has 0 radical (unpaired) electrons. The Kier molecular flexibility index (Phi) is 4.64. The van der Waals surface area contributed by atoms with E-state index in [1.54, 1.807) is 37.4 Å². The molecule has 0 aliphatic carbocycles. The van der Waals surface area contributed by atoms with Gasteiger partial charge in [-0.15, -0.1) is 0 Å². The van der Waals surface area contributed by atoms with Crippen molar-refractivity contribution in [1.82, 2.24) is 9.55 Å².